The number of halogens is 1. The number of nitrogens with zero attached hydrogens (tertiary/aromatic N) is 1. The molecule has 0 saturated heterocycles. The minimum atomic E-state index is -1.19. The predicted molar refractivity (Wildman–Crippen MR) is 69.8 cm³/mol. The number of carboxylic acid groups (broad SMARTS) is 1. The third-order valence-corrected chi connectivity index (χ3v) is 3.73. The Morgan fingerprint density at radius 3 is 2.42 bits per heavy atom. The average Bonchev–Trinajstić information content (AvgIpc) is 2.84. The normalized spacial score (nSPS) is 10.7. The lowest BCUT2D eigenvalue weighted by molar-refractivity contribution is 0.0686. The smallest absolute Gasteiger partial charge is 0.358 e. The van der Waals surface area contributed by atoms with Crippen LogP contribution in [0.5, 0.6) is 5.75 Å². The molecular formula is C13H12ClNO4. The van der Waals surface area contributed by atoms with Crippen LogP contribution >= 0.6 is 11.6 Å². The molecular weight excluding hydrogens is 270 g/mol. The van der Waals surface area contributed by atoms with Crippen molar-refractivity contribution in [2.45, 2.75) is 20.8 Å². The standard InChI is InChI=1S/C13H12ClNO4/c1-5-6(2)12(16)10(7(3)11(5)14)9-4-8(13(17)18)15-19-9/h4,16H,1-3H3,(H,17,18). The molecule has 0 aliphatic heterocycles. The van der Waals surface area contributed by atoms with Crippen molar-refractivity contribution in [3.63, 3.8) is 0 Å². The summed E-state index contributed by atoms with van der Waals surface area (Å²) in [5.74, 6) is -0.994. The molecule has 100 valence electrons. The van der Waals surface area contributed by atoms with Gasteiger partial charge in [-0.15, -0.1) is 0 Å². The fourth-order valence-corrected chi connectivity index (χ4v) is 2.13. The van der Waals surface area contributed by atoms with Gasteiger partial charge in [0.25, 0.3) is 0 Å². The summed E-state index contributed by atoms with van der Waals surface area (Å²) in [6, 6.07) is 1.26. The molecule has 0 fully saturated rings. The molecule has 5 nitrogen and oxygen atoms in total. The van der Waals surface area contributed by atoms with E-state index in [4.69, 9.17) is 21.2 Å². The Kier molecular flexibility index (Phi) is 3.24. The van der Waals surface area contributed by atoms with E-state index in [0.717, 1.165) is 5.56 Å². The first-order valence-corrected chi connectivity index (χ1v) is 5.91. The van der Waals surface area contributed by atoms with Crippen molar-refractivity contribution in [3.8, 4) is 17.1 Å². The Balaban J connectivity index is 2.71. The van der Waals surface area contributed by atoms with E-state index in [2.05, 4.69) is 5.16 Å². The summed E-state index contributed by atoms with van der Waals surface area (Å²) >= 11 is 6.19. The van der Waals surface area contributed by atoms with E-state index in [1.165, 1.54) is 6.07 Å². The fourth-order valence-electron chi connectivity index (χ4n) is 1.89. The first-order chi connectivity index (χ1) is 8.84. The van der Waals surface area contributed by atoms with Crippen LogP contribution in [-0.4, -0.2) is 21.3 Å². The van der Waals surface area contributed by atoms with Crippen LogP contribution in [0.4, 0.5) is 0 Å². The quantitative estimate of drug-likeness (QED) is 0.882. The van der Waals surface area contributed by atoms with Crippen molar-refractivity contribution in [1.82, 2.24) is 5.16 Å². The lowest BCUT2D eigenvalue weighted by Gasteiger charge is -2.13. The highest BCUT2D eigenvalue weighted by Gasteiger charge is 2.21. The Hall–Kier alpha value is -2.01. The highest BCUT2D eigenvalue weighted by atomic mass is 35.5. The van der Waals surface area contributed by atoms with Gasteiger partial charge in [-0.3, -0.25) is 0 Å². The van der Waals surface area contributed by atoms with Gasteiger partial charge in [0.1, 0.15) is 5.75 Å². The van der Waals surface area contributed by atoms with Gasteiger partial charge in [0.15, 0.2) is 11.5 Å². The van der Waals surface area contributed by atoms with Crippen LogP contribution in [-0.2, 0) is 0 Å². The molecule has 0 bridgehead atoms. The number of aromatic hydroxyl groups is 1. The van der Waals surface area contributed by atoms with Gasteiger partial charge in [-0.1, -0.05) is 16.8 Å². The van der Waals surface area contributed by atoms with Crippen molar-refractivity contribution in [2.75, 3.05) is 0 Å². The zero-order chi connectivity index (χ0) is 14.3. The number of benzene rings is 1. The van der Waals surface area contributed by atoms with Gasteiger partial charge < -0.3 is 14.7 Å². The number of carboxylic acids is 1. The van der Waals surface area contributed by atoms with Crippen molar-refractivity contribution in [1.29, 1.82) is 0 Å². The first-order valence-electron chi connectivity index (χ1n) is 5.53. The van der Waals surface area contributed by atoms with E-state index in [1.54, 1.807) is 20.8 Å². The Morgan fingerprint density at radius 1 is 1.26 bits per heavy atom. The average molecular weight is 282 g/mol. The summed E-state index contributed by atoms with van der Waals surface area (Å²) in [7, 11) is 0. The predicted octanol–water partition coefficient (Wildman–Crippen LogP) is 3.32. The summed E-state index contributed by atoms with van der Waals surface area (Å²) in [6.07, 6.45) is 0. The van der Waals surface area contributed by atoms with Gasteiger partial charge in [-0.25, -0.2) is 4.79 Å². The molecule has 0 aliphatic carbocycles. The molecule has 2 aromatic rings. The van der Waals surface area contributed by atoms with Gasteiger partial charge >= 0.3 is 5.97 Å². The molecule has 1 heterocycles. The zero-order valence-corrected chi connectivity index (χ0v) is 11.4. The van der Waals surface area contributed by atoms with E-state index in [0.29, 0.717) is 21.7 Å². The molecule has 0 unspecified atom stereocenters. The number of hydrogen-bond acceptors (Lipinski definition) is 4. The number of hydrogen-bond donors (Lipinski definition) is 2. The maximum atomic E-state index is 10.8. The highest BCUT2D eigenvalue weighted by Crippen LogP contribution is 2.41. The Morgan fingerprint density at radius 2 is 1.89 bits per heavy atom. The number of aromatic nitrogens is 1. The second-order valence-electron chi connectivity index (χ2n) is 4.29. The van der Waals surface area contributed by atoms with Crippen molar-refractivity contribution in [3.05, 3.63) is 33.5 Å². The van der Waals surface area contributed by atoms with E-state index in [-0.39, 0.29) is 17.2 Å². The van der Waals surface area contributed by atoms with Crippen LogP contribution in [0.3, 0.4) is 0 Å². The van der Waals surface area contributed by atoms with Gasteiger partial charge in [0.05, 0.1) is 5.56 Å². The van der Waals surface area contributed by atoms with E-state index in [1.807, 2.05) is 0 Å². The number of phenolic OH excluding ortho intramolecular Hbond substituents is 1. The summed E-state index contributed by atoms with van der Waals surface area (Å²) in [4.78, 5) is 10.8. The summed E-state index contributed by atoms with van der Waals surface area (Å²) in [5.41, 5.74) is 2.17. The Bertz CT molecular complexity index is 647. The first kappa shape index (κ1) is 13.4. The van der Waals surface area contributed by atoms with Crippen LogP contribution in [0.25, 0.3) is 11.3 Å². The third kappa shape index (κ3) is 2.06. The van der Waals surface area contributed by atoms with Crippen LogP contribution in [0.2, 0.25) is 5.02 Å². The summed E-state index contributed by atoms with van der Waals surface area (Å²) in [6.45, 7) is 5.26. The largest absolute Gasteiger partial charge is 0.507 e. The molecule has 2 N–H and O–H groups in total. The molecule has 1 aromatic heterocycles. The maximum absolute atomic E-state index is 10.8. The maximum Gasteiger partial charge on any atom is 0.358 e. The molecule has 0 amide bonds. The van der Waals surface area contributed by atoms with Crippen LogP contribution < -0.4 is 0 Å². The molecule has 2 rings (SSSR count). The van der Waals surface area contributed by atoms with Gasteiger partial charge in [-0.2, -0.15) is 0 Å². The lowest BCUT2D eigenvalue weighted by atomic mass is 9.97. The number of aromatic carboxylic acids is 1. The second kappa shape index (κ2) is 4.59. The molecule has 0 aliphatic rings. The monoisotopic (exact) mass is 281 g/mol. The molecule has 1 aromatic carbocycles. The van der Waals surface area contributed by atoms with Crippen molar-refractivity contribution >= 4 is 17.6 Å². The SMILES string of the molecule is Cc1c(C)c(Cl)c(C)c(-c2cc(C(=O)O)no2)c1O. The number of phenols is 1. The minimum absolute atomic E-state index is 0.0208. The van der Waals surface area contributed by atoms with Crippen LogP contribution in [0.1, 0.15) is 27.2 Å². The second-order valence-corrected chi connectivity index (χ2v) is 4.67. The van der Waals surface area contributed by atoms with E-state index in [9.17, 15) is 9.90 Å². The summed E-state index contributed by atoms with van der Waals surface area (Å²) in [5, 5.41) is 23.0. The highest BCUT2D eigenvalue weighted by molar-refractivity contribution is 6.32. The number of carbonyl (C=O) groups is 1. The number of rotatable bonds is 2. The fraction of sp³-hybridized carbons (Fsp3) is 0.231. The molecule has 0 spiro atoms. The van der Waals surface area contributed by atoms with E-state index >= 15 is 0 Å². The van der Waals surface area contributed by atoms with Crippen molar-refractivity contribution in [2.24, 2.45) is 0 Å². The molecule has 19 heavy (non-hydrogen) atoms. The third-order valence-electron chi connectivity index (χ3n) is 3.16. The van der Waals surface area contributed by atoms with Gasteiger partial charge in [0.2, 0.25) is 0 Å². The summed E-state index contributed by atoms with van der Waals surface area (Å²) < 4.78 is 4.97. The Labute approximate surface area is 114 Å². The molecule has 0 atom stereocenters. The zero-order valence-electron chi connectivity index (χ0n) is 10.6. The van der Waals surface area contributed by atoms with Crippen LogP contribution in [0, 0.1) is 20.8 Å². The topological polar surface area (TPSA) is 83.6 Å². The molecule has 0 saturated carbocycles. The lowest BCUT2D eigenvalue weighted by Crippen LogP contribution is -1.95. The van der Waals surface area contributed by atoms with Crippen molar-refractivity contribution < 1.29 is 19.5 Å². The van der Waals surface area contributed by atoms with E-state index < -0.39 is 5.97 Å². The van der Waals surface area contributed by atoms with Gasteiger partial charge in [0, 0.05) is 11.1 Å². The minimum Gasteiger partial charge on any atom is -0.507 e. The van der Waals surface area contributed by atoms with Crippen LogP contribution in [0.15, 0.2) is 10.6 Å². The molecule has 0 radical (unpaired) electrons. The van der Waals surface area contributed by atoms with Gasteiger partial charge in [-0.05, 0) is 37.5 Å². The molecule has 6 heteroatoms.